The fourth-order valence-electron chi connectivity index (χ4n) is 3.45. The molecule has 2 N–H and O–H groups in total. The SMILES string of the molecule is COc1cc(NS(=O)(=O)c2ccc3c(c2)CC(=O)N3)ccc1N1CCCC1=O. The van der Waals surface area contributed by atoms with E-state index in [1.165, 1.54) is 19.2 Å². The summed E-state index contributed by atoms with van der Waals surface area (Å²) in [7, 11) is -2.37. The van der Waals surface area contributed by atoms with E-state index in [2.05, 4.69) is 10.0 Å². The van der Waals surface area contributed by atoms with Gasteiger partial charge in [0.2, 0.25) is 11.8 Å². The number of anilines is 3. The fraction of sp³-hybridized carbons (Fsp3) is 0.263. The Labute approximate surface area is 162 Å². The molecule has 9 heteroatoms. The van der Waals surface area contributed by atoms with Crippen LogP contribution in [0.1, 0.15) is 18.4 Å². The number of methoxy groups -OCH3 is 1. The fourth-order valence-corrected chi connectivity index (χ4v) is 4.55. The Morgan fingerprint density at radius 1 is 1.14 bits per heavy atom. The molecule has 4 rings (SSSR count). The summed E-state index contributed by atoms with van der Waals surface area (Å²) in [6.45, 7) is 0.613. The molecule has 0 aliphatic carbocycles. The summed E-state index contributed by atoms with van der Waals surface area (Å²) in [6, 6.07) is 9.34. The van der Waals surface area contributed by atoms with Crippen LogP contribution < -0.4 is 19.7 Å². The number of sulfonamides is 1. The van der Waals surface area contributed by atoms with Crippen molar-refractivity contribution in [3.8, 4) is 5.75 Å². The van der Waals surface area contributed by atoms with Gasteiger partial charge in [-0.05, 0) is 42.3 Å². The van der Waals surface area contributed by atoms with Gasteiger partial charge in [0.25, 0.3) is 10.0 Å². The van der Waals surface area contributed by atoms with Crippen molar-refractivity contribution < 1.29 is 22.7 Å². The highest BCUT2D eigenvalue weighted by atomic mass is 32.2. The number of hydrogen-bond acceptors (Lipinski definition) is 5. The molecule has 0 radical (unpaired) electrons. The zero-order valence-corrected chi connectivity index (χ0v) is 16.0. The molecule has 0 unspecified atom stereocenters. The minimum Gasteiger partial charge on any atom is -0.494 e. The predicted molar refractivity (Wildman–Crippen MR) is 104 cm³/mol. The third-order valence-electron chi connectivity index (χ3n) is 4.81. The molecule has 1 fully saturated rings. The van der Waals surface area contributed by atoms with Gasteiger partial charge >= 0.3 is 0 Å². The predicted octanol–water partition coefficient (Wildman–Crippen LogP) is 2.12. The normalized spacial score (nSPS) is 16.1. The lowest BCUT2D eigenvalue weighted by Crippen LogP contribution is -2.24. The highest BCUT2D eigenvalue weighted by molar-refractivity contribution is 7.92. The number of carbonyl (C=O) groups is 2. The van der Waals surface area contributed by atoms with Crippen molar-refractivity contribution in [3.05, 3.63) is 42.0 Å². The first-order chi connectivity index (χ1) is 13.4. The largest absolute Gasteiger partial charge is 0.494 e. The topological polar surface area (TPSA) is 105 Å². The number of ether oxygens (including phenoxy) is 1. The van der Waals surface area contributed by atoms with Crippen molar-refractivity contribution in [2.24, 2.45) is 0 Å². The van der Waals surface area contributed by atoms with Crippen molar-refractivity contribution in [2.45, 2.75) is 24.2 Å². The van der Waals surface area contributed by atoms with Gasteiger partial charge in [-0.2, -0.15) is 0 Å². The first-order valence-electron chi connectivity index (χ1n) is 8.81. The van der Waals surface area contributed by atoms with Crippen LogP contribution in [0.3, 0.4) is 0 Å². The number of fused-ring (bicyclic) bond motifs is 1. The monoisotopic (exact) mass is 401 g/mol. The molecule has 2 aliphatic rings. The number of nitrogens with zero attached hydrogens (tertiary/aromatic N) is 1. The van der Waals surface area contributed by atoms with Crippen molar-refractivity contribution in [1.29, 1.82) is 0 Å². The van der Waals surface area contributed by atoms with E-state index in [1.807, 2.05) is 0 Å². The zero-order chi connectivity index (χ0) is 19.9. The first kappa shape index (κ1) is 18.3. The van der Waals surface area contributed by atoms with E-state index in [0.717, 1.165) is 6.42 Å². The molecule has 0 aromatic heterocycles. The lowest BCUT2D eigenvalue weighted by Gasteiger charge is -2.20. The molecular weight excluding hydrogens is 382 g/mol. The van der Waals surface area contributed by atoms with E-state index in [0.29, 0.717) is 41.3 Å². The maximum atomic E-state index is 12.8. The van der Waals surface area contributed by atoms with Crippen molar-refractivity contribution in [1.82, 2.24) is 0 Å². The molecule has 0 spiro atoms. The first-order valence-corrected chi connectivity index (χ1v) is 10.3. The summed E-state index contributed by atoms with van der Waals surface area (Å²) < 4.78 is 33.4. The van der Waals surface area contributed by atoms with E-state index in [4.69, 9.17) is 4.74 Å². The van der Waals surface area contributed by atoms with E-state index in [1.54, 1.807) is 29.2 Å². The number of rotatable bonds is 5. The minimum absolute atomic E-state index is 0.0212. The molecule has 2 amide bonds. The lowest BCUT2D eigenvalue weighted by atomic mass is 10.2. The molecule has 8 nitrogen and oxygen atoms in total. The molecule has 2 aromatic carbocycles. The van der Waals surface area contributed by atoms with Crippen LogP contribution in [-0.2, 0) is 26.0 Å². The maximum absolute atomic E-state index is 12.8. The van der Waals surface area contributed by atoms with Gasteiger partial charge in [0.05, 0.1) is 29.8 Å². The second-order valence-electron chi connectivity index (χ2n) is 6.68. The van der Waals surface area contributed by atoms with Crippen molar-refractivity contribution >= 4 is 38.9 Å². The van der Waals surface area contributed by atoms with Crippen LogP contribution in [0, 0.1) is 0 Å². The Hall–Kier alpha value is -3.07. The van der Waals surface area contributed by atoms with Crippen LogP contribution in [0.5, 0.6) is 5.75 Å². The van der Waals surface area contributed by atoms with Gasteiger partial charge < -0.3 is 15.0 Å². The summed E-state index contributed by atoms with van der Waals surface area (Å²) >= 11 is 0. The van der Waals surface area contributed by atoms with E-state index < -0.39 is 10.0 Å². The molecule has 28 heavy (non-hydrogen) atoms. The molecule has 2 aliphatic heterocycles. The molecule has 146 valence electrons. The van der Waals surface area contributed by atoms with E-state index in [-0.39, 0.29) is 23.1 Å². The van der Waals surface area contributed by atoms with Gasteiger partial charge in [0, 0.05) is 24.7 Å². The third kappa shape index (κ3) is 3.29. The quantitative estimate of drug-likeness (QED) is 0.799. The molecule has 2 aromatic rings. The minimum atomic E-state index is -3.85. The summed E-state index contributed by atoms with van der Waals surface area (Å²) in [6.07, 6.45) is 1.43. The van der Waals surface area contributed by atoms with Crippen LogP contribution in [0.2, 0.25) is 0 Å². The Kier molecular flexibility index (Phi) is 4.46. The number of hydrogen-bond donors (Lipinski definition) is 2. The Morgan fingerprint density at radius 2 is 1.96 bits per heavy atom. The molecule has 0 bridgehead atoms. The second kappa shape index (κ2) is 6.83. The molecular formula is C19H19N3O5S. The van der Waals surface area contributed by atoms with Gasteiger partial charge in [-0.1, -0.05) is 0 Å². The van der Waals surface area contributed by atoms with Crippen molar-refractivity contribution in [3.63, 3.8) is 0 Å². The average molecular weight is 401 g/mol. The molecule has 0 atom stereocenters. The van der Waals surface area contributed by atoms with Gasteiger partial charge in [0.1, 0.15) is 5.75 Å². The van der Waals surface area contributed by atoms with Gasteiger partial charge in [-0.3, -0.25) is 14.3 Å². The third-order valence-corrected chi connectivity index (χ3v) is 6.19. The summed E-state index contributed by atoms with van der Waals surface area (Å²) in [5.74, 6) is 0.279. The summed E-state index contributed by atoms with van der Waals surface area (Å²) in [5.41, 5.74) is 2.22. The van der Waals surface area contributed by atoms with Gasteiger partial charge in [0.15, 0.2) is 0 Å². The van der Waals surface area contributed by atoms with Gasteiger partial charge in [-0.25, -0.2) is 8.42 Å². The van der Waals surface area contributed by atoms with Crippen LogP contribution in [0.4, 0.5) is 17.1 Å². The van der Waals surface area contributed by atoms with Crippen LogP contribution >= 0.6 is 0 Å². The highest BCUT2D eigenvalue weighted by Crippen LogP contribution is 2.34. The summed E-state index contributed by atoms with van der Waals surface area (Å²) in [5, 5.41) is 2.67. The highest BCUT2D eigenvalue weighted by Gasteiger charge is 2.26. The van der Waals surface area contributed by atoms with Crippen molar-refractivity contribution in [2.75, 3.05) is 28.6 Å². The molecule has 0 saturated carbocycles. The Bertz CT molecular complexity index is 1080. The summed E-state index contributed by atoms with van der Waals surface area (Å²) in [4.78, 5) is 25.2. The zero-order valence-electron chi connectivity index (χ0n) is 15.2. The second-order valence-corrected chi connectivity index (χ2v) is 8.37. The molecule has 2 heterocycles. The Balaban J connectivity index is 1.61. The number of benzene rings is 2. The smallest absolute Gasteiger partial charge is 0.261 e. The number of nitrogens with one attached hydrogen (secondary N) is 2. The van der Waals surface area contributed by atoms with E-state index >= 15 is 0 Å². The van der Waals surface area contributed by atoms with Crippen LogP contribution in [0.15, 0.2) is 41.3 Å². The van der Waals surface area contributed by atoms with Crippen LogP contribution in [-0.4, -0.2) is 33.9 Å². The Morgan fingerprint density at radius 3 is 2.68 bits per heavy atom. The maximum Gasteiger partial charge on any atom is 0.261 e. The number of carbonyl (C=O) groups excluding carboxylic acids is 2. The van der Waals surface area contributed by atoms with E-state index in [9.17, 15) is 18.0 Å². The molecule has 1 saturated heterocycles. The number of amides is 2. The van der Waals surface area contributed by atoms with Gasteiger partial charge in [-0.15, -0.1) is 0 Å². The van der Waals surface area contributed by atoms with Crippen LogP contribution in [0.25, 0.3) is 0 Å². The standard InChI is InChI=1S/C19H19N3O5S/c1-27-17-11-13(4-7-16(17)22-8-2-3-19(22)24)21-28(25,26)14-5-6-15-12(9-14)10-18(23)20-15/h4-7,9,11,21H,2-3,8,10H2,1H3,(H,20,23). The average Bonchev–Trinajstić information content (AvgIpc) is 3.24. The lowest BCUT2D eigenvalue weighted by molar-refractivity contribution is -0.117.